The van der Waals surface area contributed by atoms with Crippen molar-refractivity contribution < 1.29 is 22.7 Å². The maximum Gasteiger partial charge on any atom is 0.264 e. The second-order valence-electron chi connectivity index (χ2n) is 10.9. The third kappa shape index (κ3) is 8.56. The van der Waals surface area contributed by atoms with E-state index in [9.17, 15) is 18.0 Å². The van der Waals surface area contributed by atoms with Crippen molar-refractivity contribution in [1.29, 1.82) is 0 Å². The number of methoxy groups -OCH3 is 1. The Bertz CT molecular complexity index is 1460. The van der Waals surface area contributed by atoms with Crippen molar-refractivity contribution in [3.05, 3.63) is 88.4 Å². The van der Waals surface area contributed by atoms with E-state index < -0.39 is 34.1 Å². The predicted octanol–water partition coefficient (Wildman–Crippen LogP) is 5.34. The fourth-order valence-corrected chi connectivity index (χ4v) is 6.35. The molecule has 0 aliphatic carbocycles. The molecule has 220 valence electrons. The van der Waals surface area contributed by atoms with Crippen LogP contribution in [-0.2, 0) is 26.0 Å². The molecule has 0 heterocycles. The van der Waals surface area contributed by atoms with E-state index in [1.807, 2.05) is 58.0 Å². The standard InChI is InChI=1S/C31H38BrN3O5S/c1-22-12-14-25(15-13-22)35(41(38,39)26-16-17-28(40-6)27(32)20-26)21-29(36)34(19-18-24-10-8-7-9-11-24)23(2)30(37)33-31(3,4)5/h7-17,20,23H,18-19,21H2,1-6H3,(H,33,37)/t23-/m1/s1. The molecule has 0 saturated carbocycles. The largest absolute Gasteiger partial charge is 0.496 e. The smallest absolute Gasteiger partial charge is 0.264 e. The summed E-state index contributed by atoms with van der Waals surface area (Å²) in [6.45, 7) is 8.91. The average Bonchev–Trinajstić information content (AvgIpc) is 2.91. The normalized spacial score (nSPS) is 12.4. The van der Waals surface area contributed by atoms with Crippen molar-refractivity contribution in [2.24, 2.45) is 0 Å². The van der Waals surface area contributed by atoms with Crippen LogP contribution in [0.4, 0.5) is 5.69 Å². The Morgan fingerprint density at radius 1 is 1.00 bits per heavy atom. The molecule has 1 N–H and O–H groups in total. The minimum Gasteiger partial charge on any atom is -0.496 e. The first-order valence-electron chi connectivity index (χ1n) is 13.3. The van der Waals surface area contributed by atoms with Crippen LogP contribution in [-0.4, -0.2) is 56.9 Å². The number of rotatable bonds is 11. The zero-order valence-electron chi connectivity index (χ0n) is 24.3. The molecular formula is C31H38BrN3O5S. The molecule has 0 spiro atoms. The van der Waals surface area contributed by atoms with Crippen LogP contribution in [0.1, 0.15) is 38.8 Å². The first-order chi connectivity index (χ1) is 19.2. The highest BCUT2D eigenvalue weighted by Gasteiger charge is 2.33. The second-order valence-corrected chi connectivity index (χ2v) is 13.6. The first-order valence-corrected chi connectivity index (χ1v) is 15.5. The summed E-state index contributed by atoms with van der Waals surface area (Å²) in [7, 11) is -2.69. The maximum atomic E-state index is 14.0. The SMILES string of the molecule is COc1ccc(S(=O)(=O)N(CC(=O)N(CCc2ccccc2)[C@H](C)C(=O)NC(C)(C)C)c2ccc(C)cc2)cc1Br. The lowest BCUT2D eigenvalue weighted by molar-refractivity contribution is -0.139. The Kier molecular flexibility index (Phi) is 10.6. The van der Waals surface area contributed by atoms with Gasteiger partial charge in [-0.2, -0.15) is 0 Å². The van der Waals surface area contributed by atoms with E-state index in [1.54, 1.807) is 37.3 Å². The Morgan fingerprint density at radius 2 is 1.63 bits per heavy atom. The number of nitrogens with one attached hydrogen (secondary N) is 1. The van der Waals surface area contributed by atoms with Crippen LogP contribution in [0.25, 0.3) is 0 Å². The van der Waals surface area contributed by atoms with E-state index in [0.29, 0.717) is 22.3 Å². The van der Waals surface area contributed by atoms with E-state index in [1.165, 1.54) is 24.1 Å². The van der Waals surface area contributed by atoms with Crippen LogP contribution in [0.5, 0.6) is 5.75 Å². The third-order valence-corrected chi connectivity index (χ3v) is 8.85. The van der Waals surface area contributed by atoms with Crippen LogP contribution in [0.15, 0.2) is 82.2 Å². The minimum absolute atomic E-state index is 0.00657. The number of sulfonamides is 1. The van der Waals surface area contributed by atoms with Crippen molar-refractivity contribution in [2.75, 3.05) is 24.5 Å². The minimum atomic E-state index is -4.19. The van der Waals surface area contributed by atoms with Gasteiger partial charge in [-0.3, -0.25) is 13.9 Å². The lowest BCUT2D eigenvalue weighted by atomic mass is 10.1. The Hall–Kier alpha value is -3.37. The summed E-state index contributed by atoms with van der Waals surface area (Å²) in [6.07, 6.45) is 0.502. The number of halogens is 1. The molecule has 0 aromatic heterocycles. The molecule has 41 heavy (non-hydrogen) atoms. The van der Waals surface area contributed by atoms with Gasteiger partial charge in [0.05, 0.1) is 22.2 Å². The lowest BCUT2D eigenvalue weighted by Gasteiger charge is -2.33. The van der Waals surface area contributed by atoms with Gasteiger partial charge in [0, 0.05) is 12.1 Å². The monoisotopic (exact) mass is 643 g/mol. The van der Waals surface area contributed by atoms with Crippen LogP contribution in [0.3, 0.4) is 0 Å². The third-order valence-electron chi connectivity index (χ3n) is 6.46. The summed E-state index contributed by atoms with van der Waals surface area (Å²) in [5.41, 5.74) is 1.78. The molecule has 3 rings (SSSR count). The van der Waals surface area contributed by atoms with Crippen molar-refractivity contribution in [3.8, 4) is 5.75 Å². The highest BCUT2D eigenvalue weighted by atomic mass is 79.9. The number of aryl methyl sites for hydroxylation is 1. The highest BCUT2D eigenvalue weighted by molar-refractivity contribution is 9.10. The molecule has 0 saturated heterocycles. The Balaban J connectivity index is 2.01. The van der Waals surface area contributed by atoms with Gasteiger partial charge in [0.25, 0.3) is 10.0 Å². The van der Waals surface area contributed by atoms with Crippen LogP contribution in [0, 0.1) is 6.92 Å². The molecule has 10 heteroatoms. The van der Waals surface area contributed by atoms with E-state index in [4.69, 9.17) is 4.74 Å². The molecule has 0 aliphatic rings. The average molecular weight is 645 g/mol. The second kappa shape index (κ2) is 13.5. The maximum absolute atomic E-state index is 14.0. The summed E-state index contributed by atoms with van der Waals surface area (Å²) in [4.78, 5) is 28.6. The van der Waals surface area contributed by atoms with Crippen molar-refractivity contribution in [3.63, 3.8) is 0 Å². The van der Waals surface area contributed by atoms with Gasteiger partial charge < -0.3 is 15.0 Å². The molecule has 2 amide bonds. The number of hydrogen-bond acceptors (Lipinski definition) is 5. The predicted molar refractivity (Wildman–Crippen MR) is 166 cm³/mol. The van der Waals surface area contributed by atoms with Crippen LogP contribution >= 0.6 is 15.9 Å². The molecule has 0 fully saturated rings. The van der Waals surface area contributed by atoms with Gasteiger partial charge >= 0.3 is 0 Å². The van der Waals surface area contributed by atoms with E-state index in [2.05, 4.69) is 21.2 Å². The molecule has 0 aliphatic heterocycles. The molecule has 0 radical (unpaired) electrons. The molecule has 0 bridgehead atoms. The van der Waals surface area contributed by atoms with Gasteiger partial charge in [0.1, 0.15) is 18.3 Å². The number of amides is 2. The molecule has 0 unspecified atom stereocenters. The van der Waals surface area contributed by atoms with E-state index >= 15 is 0 Å². The first kappa shape index (κ1) is 32.1. The number of hydrogen-bond donors (Lipinski definition) is 1. The van der Waals surface area contributed by atoms with Crippen molar-refractivity contribution in [1.82, 2.24) is 10.2 Å². The Labute approximate surface area is 251 Å². The van der Waals surface area contributed by atoms with Crippen LogP contribution < -0.4 is 14.4 Å². The van der Waals surface area contributed by atoms with E-state index in [0.717, 1.165) is 15.4 Å². The topological polar surface area (TPSA) is 96.0 Å². The number of nitrogens with zero attached hydrogens (tertiary/aromatic N) is 2. The quantitative estimate of drug-likeness (QED) is 0.304. The number of carbonyl (C=O) groups is 2. The van der Waals surface area contributed by atoms with Gasteiger partial charge in [0.2, 0.25) is 11.8 Å². The van der Waals surface area contributed by atoms with Gasteiger partial charge in [-0.15, -0.1) is 0 Å². The summed E-state index contributed by atoms with van der Waals surface area (Å²) in [5.74, 6) is -0.329. The zero-order valence-corrected chi connectivity index (χ0v) is 26.8. The van der Waals surface area contributed by atoms with Gasteiger partial charge in [0.15, 0.2) is 0 Å². The lowest BCUT2D eigenvalue weighted by Crippen LogP contribution is -2.55. The summed E-state index contributed by atoms with van der Waals surface area (Å²) in [5, 5.41) is 2.94. The summed E-state index contributed by atoms with van der Waals surface area (Å²) >= 11 is 3.36. The number of anilines is 1. The number of ether oxygens (including phenoxy) is 1. The Morgan fingerprint density at radius 3 is 2.20 bits per heavy atom. The molecule has 1 atom stereocenters. The number of benzene rings is 3. The van der Waals surface area contributed by atoms with Gasteiger partial charge in [-0.05, 0) is 92.9 Å². The molecule has 8 nitrogen and oxygen atoms in total. The van der Waals surface area contributed by atoms with Gasteiger partial charge in [-0.1, -0.05) is 48.0 Å². The molecule has 3 aromatic carbocycles. The number of carbonyl (C=O) groups excluding carboxylic acids is 2. The van der Waals surface area contributed by atoms with Gasteiger partial charge in [-0.25, -0.2) is 8.42 Å². The van der Waals surface area contributed by atoms with Crippen LogP contribution in [0.2, 0.25) is 0 Å². The van der Waals surface area contributed by atoms with E-state index in [-0.39, 0.29) is 17.3 Å². The highest BCUT2D eigenvalue weighted by Crippen LogP contribution is 2.31. The fraction of sp³-hybridized carbons (Fsp3) is 0.355. The molecule has 3 aromatic rings. The van der Waals surface area contributed by atoms with Crippen molar-refractivity contribution >= 4 is 43.5 Å². The van der Waals surface area contributed by atoms with Crippen molar-refractivity contribution in [2.45, 2.75) is 57.5 Å². The summed E-state index contributed by atoms with van der Waals surface area (Å²) in [6, 6.07) is 20.2. The zero-order chi connectivity index (χ0) is 30.4. The fourth-order valence-electron chi connectivity index (χ4n) is 4.22. The summed E-state index contributed by atoms with van der Waals surface area (Å²) < 4.78 is 34.8. The molecular weight excluding hydrogens is 606 g/mol.